The fourth-order valence-corrected chi connectivity index (χ4v) is 1.81. The van der Waals surface area contributed by atoms with Crippen LogP contribution in [0, 0.1) is 0 Å². The van der Waals surface area contributed by atoms with Crippen LogP contribution < -0.4 is 5.32 Å². The molecule has 0 aromatic heterocycles. The number of benzene rings is 1. The molecule has 18 heavy (non-hydrogen) atoms. The average Bonchev–Trinajstić information content (AvgIpc) is 2.43. The summed E-state index contributed by atoms with van der Waals surface area (Å²) in [5, 5.41) is 1.70. The Labute approximate surface area is 115 Å². The normalized spacial score (nSPS) is 11.7. The summed E-state index contributed by atoms with van der Waals surface area (Å²) >= 11 is 7.32. The van der Waals surface area contributed by atoms with Gasteiger partial charge in [0.1, 0.15) is 5.38 Å². The number of carbonyl (C=O) groups is 2. The molecule has 0 aliphatic carbocycles. The molecular formula is C12H14ClNO3S. The summed E-state index contributed by atoms with van der Waals surface area (Å²) in [4.78, 5) is 23.8. The molecule has 4 nitrogen and oxygen atoms in total. The summed E-state index contributed by atoms with van der Waals surface area (Å²) in [5.41, 5.74) is 0.529. The van der Waals surface area contributed by atoms with Crippen molar-refractivity contribution in [2.45, 2.75) is 10.3 Å². The molecule has 1 aromatic carbocycles. The Kier molecular flexibility index (Phi) is 6.01. The number of methoxy groups -OCH3 is 1. The largest absolute Gasteiger partial charge is 0.468 e. The van der Waals surface area contributed by atoms with Crippen molar-refractivity contribution in [2.75, 3.05) is 19.9 Å². The van der Waals surface area contributed by atoms with Crippen LogP contribution in [-0.4, -0.2) is 37.2 Å². The Bertz CT molecular complexity index is 422. The van der Waals surface area contributed by atoms with Crippen molar-refractivity contribution in [1.29, 1.82) is 0 Å². The standard InChI is InChI=1S/C12H14ClNO3S/c1-17-12(16)10(13)7-14-11(15)8-3-5-9(18-2)6-4-8/h3-6,10H,7H2,1-2H3,(H,14,15). The first-order valence-corrected chi connectivity index (χ1v) is 6.88. The molecular weight excluding hydrogens is 274 g/mol. The first-order valence-electron chi connectivity index (χ1n) is 5.22. The highest BCUT2D eigenvalue weighted by Crippen LogP contribution is 2.14. The molecule has 1 amide bonds. The number of carbonyl (C=O) groups excluding carboxylic acids is 2. The molecule has 1 N–H and O–H groups in total. The lowest BCUT2D eigenvalue weighted by Gasteiger charge is -2.09. The number of nitrogens with one attached hydrogen (secondary N) is 1. The van der Waals surface area contributed by atoms with Gasteiger partial charge in [0.2, 0.25) is 0 Å². The summed E-state index contributed by atoms with van der Waals surface area (Å²) in [6.07, 6.45) is 1.96. The molecule has 0 fully saturated rings. The second-order valence-electron chi connectivity index (χ2n) is 3.43. The third-order valence-corrected chi connectivity index (χ3v) is 3.33. The van der Waals surface area contributed by atoms with Gasteiger partial charge < -0.3 is 10.1 Å². The molecule has 0 aliphatic rings. The number of halogens is 1. The van der Waals surface area contributed by atoms with Crippen LogP contribution >= 0.6 is 23.4 Å². The van der Waals surface area contributed by atoms with Crippen LogP contribution in [0.1, 0.15) is 10.4 Å². The molecule has 0 aliphatic heterocycles. The van der Waals surface area contributed by atoms with Crippen LogP contribution in [0.5, 0.6) is 0 Å². The van der Waals surface area contributed by atoms with Gasteiger partial charge in [0.25, 0.3) is 5.91 Å². The zero-order chi connectivity index (χ0) is 13.5. The van der Waals surface area contributed by atoms with Crippen LogP contribution in [-0.2, 0) is 9.53 Å². The number of hydrogen-bond donors (Lipinski definition) is 1. The molecule has 6 heteroatoms. The number of ether oxygens (including phenoxy) is 1. The molecule has 0 radical (unpaired) electrons. The van der Waals surface area contributed by atoms with E-state index in [-0.39, 0.29) is 12.5 Å². The van der Waals surface area contributed by atoms with E-state index >= 15 is 0 Å². The Morgan fingerprint density at radius 2 is 2.00 bits per heavy atom. The third-order valence-electron chi connectivity index (χ3n) is 2.25. The van der Waals surface area contributed by atoms with Crippen molar-refractivity contribution in [1.82, 2.24) is 5.32 Å². The molecule has 0 saturated carbocycles. The Balaban J connectivity index is 2.52. The second-order valence-corrected chi connectivity index (χ2v) is 4.84. The monoisotopic (exact) mass is 287 g/mol. The van der Waals surface area contributed by atoms with E-state index in [9.17, 15) is 9.59 Å². The van der Waals surface area contributed by atoms with Crippen LogP contribution in [0.15, 0.2) is 29.2 Å². The van der Waals surface area contributed by atoms with E-state index in [0.29, 0.717) is 5.56 Å². The fourth-order valence-electron chi connectivity index (χ4n) is 1.24. The molecule has 1 atom stereocenters. The summed E-state index contributed by atoms with van der Waals surface area (Å²) in [6, 6.07) is 7.17. The number of thioether (sulfide) groups is 1. The predicted molar refractivity (Wildman–Crippen MR) is 72.2 cm³/mol. The zero-order valence-electron chi connectivity index (χ0n) is 10.1. The van der Waals surface area contributed by atoms with Crippen LogP contribution in [0.25, 0.3) is 0 Å². The quantitative estimate of drug-likeness (QED) is 0.511. The first-order chi connectivity index (χ1) is 8.58. The minimum absolute atomic E-state index is 0.0390. The molecule has 0 heterocycles. The minimum Gasteiger partial charge on any atom is -0.468 e. The third kappa shape index (κ3) is 4.23. The highest BCUT2D eigenvalue weighted by molar-refractivity contribution is 7.98. The molecule has 0 bridgehead atoms. The van der Waals surface area contributed by atoms with E-state index in [0.717, 1.165) is 4.90 Å². The minimum atomic E-state index is -0.871. The molecule has 1 unspecified atom stereocenters. The van der Waals surface area contributed by atoms with Crippen molar-refractivity contribution < 1.29 is 14.3 Å². The highest BCUT2D eigenvalue weighted by atomic mass is 35.5. The molecule has 1 rings (SSSR count). The fraction of sp³-hybridized carbons (Fsp3) is 0.333. The Morgan fingerprint density at radius 1 is 1.39 bits per heavy atom. The maximum absolute atomic E-state index is 11.7. The Hall–Kier alpha value is -1.20. The van der Waals surface area contributed by atoms with Gasteiger partial charge in [-0.25, -0.2) is 0 Å². The second kappa shape index (κ2) is 7.28. The summed E-state index contributed by atoms with van der Waals surface area (Å²) < 4.78 is 4.46. The van der Waals surface area contributed by atoms with Crippen molar-refractivity contribution in [3.05, 3.63) is 29.8 Å². The lowest BCUT2D eigenvalue weighted by Crippen LogP contribution is -2.34. The highest BCUT2D eigenvalue weighted by Gasteiger charge is 2.16. The van der Waals surface area contributed by atoms with Gasteiger partial charge in [0.15, 0.2) is 0 Å². The predicted octanol–water partition coefficient (Wildman–Crippen LogP) is 1.92. The smallest absolute Gasteiger partial charge is 0.325 e. The van der Waals surface area contributed by atoms with Crippen LogP contribution in [0.4, 0.5) is 0 Å². The average molecular weight is 288 g/mol. The number of esters is 1. The van der Waals surface area contributed by atoms with E-state index in [1.807, 2.05) is 18.4 Å². The van der Waals surface area contributed by atoms with E-state index in [1.165, 1.54) is 7.11 Å². The topological polar surface area (TPSA) is 55.4 Å². The maximum Gasteiger partial charge on any atom is 0.325 e. The van der Waals surface area contributed by atoms with Crippen LogP contribution in [0.3, 0.4) is 0 Å². The van der Waals surface area contributed by atoms with Gasteiger partial charge in [-0.05, 0) is 30.5 Å². The van der Waals surface area contributed by atoms with Crippen LogP contribution in [0.2, 0.25) is 0 Å². The number of hydrogen-bond acceptors (Lipinski definition) is 4. The van der Waals surface area contributed by atoms with E-state index < -0.39 is 11.3 Å². The number of rotatable bonds is 5. The Morgan fingerprint density at radius 3 is 2.50 bits per heavy atom. The summed E-state index contributed by atoms with van der Waals surface area (Å²) in [7, 11) is 1.25. The van der Waals surface area contributed by atoms with Crippen molar-refractivity contribution in [2.24, 2.45) is 0 Å². The molecule has 1 aromatic rings. The van der Waals surface area contributed by atoms with Gasteiger partial charge in [0.05, 0.1) is 7.11 Å². The molecule has 0 spiro atoms. The summed E-state index contributed by atoms with van der Waals surface area (Å²) in [6.45, 7) is 0.0390. The lowest BCUT2D eigenvalue weighted by molar-refractivity contribution is -0.140. The number of amides is 1. The van der Waals surface area contributed by atoms with Crippen molar-refractivity contribution in [3.8, 4) is 0 Å². The van der Waals surface area contributed by atoms with Gasteiger partial charge in [0, 0.05) is 17.0 Å². The van der Waals surface area contributed by atoms with E-state index in [2.05, 4.69) is 10.1 Å². The van der Waals surface area contributed by atoms with Gasteiger partial charge in [-0.2, -0.15) is 0 Å². The van der Waals surface area contributed by atoms with Gasteiger partial charge in [-0.15, -0.1) is 23.4 Å². The number of alkyl halides is 1. The molecule has 0 saturated heterocycles. The molecule has 98 valence electrons. The van der Waals surface area contributed by atoms with Crippen molar-refractivity contribution in [3.63, 3.8) is 0 Å². The zero-order valence-corrected chi connectivity index (χ0v) is 11.7. The van der Waals surface area contributed by atoms with Crippen molar-refractivity contribution >= 4 is 35.2 Å². The maximum atomic E-state index is 11.7. The first kappa shape index (κ1) is 14.9. The lowest BCUT2D eigenvalue weighted by atomic mass is 10.2. The van der Waals surface area contributed by atoms with E-state index in [1.54, 1.807) is 23.9 Å². The summed E-state index contributed by atoms with van der Waals surface area (Å²) in [5.74, 6) is -0.827. The van der Waals surface area contributed by atoms with Gasteiger partial charge in [-0.1, -0.05) is 0 Å². The van der Waals surface area contributed by atoms with Gasteiger partial charge in [-0.3, -0.25) is 9.59 Å². The van der Waals surface area contributed by atoms with Gasteiger partial charge >= 0.3 is 5.97 Å². The SMILES string of the molecule is COC(=O)C(Cl)CNC(=O)c1ccc(SC)cc1. The van der Waals surface area contributed by atoms with E-state index in [4.69, 9.17) is 11.6 Å².